The van der Waals surface area contributed by atoms with Gasteiger partial charge in [0.1, 0.15) is 0 Å². The molecule has 1 unspecified atom stereocenters. The highest BCUT2D eigenvalue weighted by atomic mass is 35.5. The predicted octanol–water partition coefficient (Wildman–Crippen LogP) is 5.60. The zero-order valence-electron chi connectivity index (χ0n) is 14.3. The quantitative estimate of drug-likeness (QED) is 0.439. The van der Waals surface area contributed by atoms with E-state index in [-0.39, 0.29) is 16.7 Å². The second kappa shape index (κ2) is 7.21. The molecule has 0 amide bonds. The minimum absolute atomic E-state index is 0.0580. The van der Waals surface area contributed by atoms with Crippen molar-refractivity contribution in [1.29, 1.82) is 0 Å². The molecule has 0 bridgehead atoms. The fraction of sp³-hybridized carbons (Fsp3) is 0.0952. The molecule has 0 fully saturated rings. The first-order valence-electron chi connectivity index (χ1n) is 8.54. The molecule has 4 rings (SSSR count). The zero-order chi connectivity index (χ0) is 18.8. The lowest BCUT2D eigenvalue weighted by Crippen LogP contribution is -2.18. The maximum absolute atomic E-state index is 11.1. The lowest BCUT2D eigenvalue weighted by atomic mass is 9.98. The van der Waals surface area contributed by atoms with Crippen LogP contribution in [0, 0.1) is 10.1 Å². The molecule has 0 aromatic heterocycles. The van der Waals surface area contributed by atoms with Crippen LogP contribution in [0.4, 0.5) is 11.4 Å². The molecule has 1 heterocycles. The average molecular weight is 378 g/mol. The Morgan fingerprint density at radius 3 is 2.48 bits per heavy atom. The third-order valence-corrected chi connectivity index (χ3v) is 4.93. The molecule has 134 valence electrons. The Hall–Kier alpha value is -3.18. The van der Waals surface area contributed by atoms with Gasteiger partial charge >= 0.3 is 0 Å². The zero-order valence-corrected chi connectivity index (χ0v) is 15.1. The first-order chi connectivity index (χ1) is 13.1. The highest BCUT2D eigenvalue weighted by molar-refractivity contribution is 6.31. The third kappa shape index (κ3) is 3.41. The Morgan fingerprint density at radius 1 is 1.00 bits per heavy atom. The van der Waals surface area contributed by atoms with E-state index in [4.69, 9.17) is 16.7 Å². The van der Waals surface area contributed by atoms with Gasteiger partial charge in [0, 0.05) is 29.1 Å². The van der Waals surface area contributed by atoms with Crippen molar-refractivity contribution in [2.45, 2.75) is 12.5 Å². The van der Waals surface area contributed by atoms with Gasteiger partial charge in [0.05, 0.1) is 22.4 Å². The van der Waals surface area contributed by atoms with Gasteiger partial charge in [-0.25, -0.2) is 0 Å². The van der Waals surface area contributed by atoms with E-state index in [1.807, 2.05) is 65.7 Å². The van der Waals surface area contributed by atoms with Gasteiger partial charge in [0.25, 0.3) is 5.69 Å². The van der Waals surface area contributed by atoms with Gasteiger partial charge in [-0.05, 0) is 23.8 Å². The Kier molecular flexibility index (Phi) is 4.60. The SMILES string of the molecule is O=[N+]([O-])c1cccc(C2=NN(c3ccccc3)C(c3ccccc3Cl)C2)c1. The maximum atomic E-state index is 11.1. The number of benzene rings is 3. The summed E-state index contributed by atoms with van der Waals surface area (Å²) >= 11 is 6.45. The van der Waals surface area contributed by atoms with Gasteiger partial charge in [-0.3, -0.25) is 15.1 Å². The Morgan fingerprint density at radius 2 is 1.74 bits per heavy atom. The van der Waals surface area contributed by atoms with Gasteiger partial charge in [0.15, 0.2) is 0 Å². The summed E-state index contributed by atoms with van der Waals surface area (Å²) in [6.45, 7) is 0. The van der Waals surface area contributed by atoms with Crippen molar-refractivity contribution in [2.24, 2.45) is 5.10 Å². The number of anilines is 1. The number of nitro benzene ring substituents is 1. The van der Waals surface area contributed by atoms with Gasteiger partial charge < -0.3 is 0 Å². The third-order valence-electron chi connectivity index (χ3n) is 4.59. The molecule has 1 atom stereocenters. The molecule has 0 N–H and O–H groups in total. The minimum atomic E-state index is -0.389. The number of para-hydroxylation sites is 1. The Bertz CT molecular complexity index is 1020. The lowest BCUT2D eigenvalue weighted by molar-refractivity contribution is -0.384. The van der Waals surface area contributed by atoms with E-state index in [1.165, 1.54) is 6.07 Å². The van der Waals surface area contributed by atoms with Crippen LogP contribution in [0.1, 0.15) is 23.6 Å². The molecule has 0 spiro atoms. The van der Waals surface area contributed by atoms with Gasteiger partial charge in [-0.15, -0.1) is 0 Å². The second-order valence-electron chi connectivity index (χ2n) is 6.28. The molecule has 0 saturated heterocycles. The van der Waals surface area contributed by atoms with E-state index in [0.717, 1.165) is 22.5 Å². The monoisotopic (exact) mass is 377 g/mol. The number of non-ortho nitro benzene ring substituents is 1. The van der Waals surface area contributed by atoms with Gasteiger partial charge in [-0.1, -0.05) is 60.1 Å². The second-order valence-corrected chi connectivity index (χ2v) is 6.68. The van der Waals surface area contributed by atoms with Crippen molar-refractivity contribution in [2.75, 3.05) is 5.01 Å². The van der Waals surface area contributed by atoms with Crippen molar-refractivity contribution in [3.8, 4) is 0 Å². The van der Waals surface area contributed by atoms with Gasteiger partial charge in [-0.2, -0.15) is 5.10 Å². The van der Waals surface area contributed by atoms with Crippen LogP contribution in [0.2, 0.25) is 5.02 Å². The molecule has 1 aliphatic heterocycles. The summed E-state index contributed by atoms with van der Waals surface area (Å²) in [6.07, 6.45) is 0.611. The van der Waals surface area contributed by atoms with Crippen LogP contribution in [-0.4, -0.2) is 10.6 Å². The van der Waals surface area contributed by atoms with Crippen LogP contribution in [0.3, 0.4) is 0 Å². The summed E-state index contributed by atoms with van der Waals surface area (Å²) in [4.78, 5) is 10.7. The topological polar surface area (TPSA) is 58.7 Å². The highest BCUT2D eigenvalue weighted by Crippen LogP contribution is 2.39. The van der Waals surface area contributed by atoms with E-state index < -0.39 is 0 Å². The Balaban J connectivity index is 1.78. The summed E-state index contributed by atoms with van der Waals surface area (Å²) in [5, 5.41) is 18.5. The number of nitrogens with zero attached hydrogens (tertiary/aromatic N) is 3. The van der Waals surface area contributed by atoms with Crippen molar-refractivity contribution in [3.05, 3.63) is 105 Å². The van der Waals surface area contributed by atoms with Crippen molar-refractivity contribution >= 4 is 28.7 Å². The van der Waals surface area contributed by atoms with E-state index in [2.05, 4.69) is 0 Å². The van der Waals surface area contributed by atoms with E-state index in [0.29, 0.717) is 11.4 Å². The number of rotatable bonds is 4. The van der Waals surface area contributed by atoms with E-state index in [1.54, 1.807) is 12.1 Å². The molecule has 27 heavy (non-hydrogen) atoms. The predicted molar refractivity (Wildman–Crippen MR) is 107 cm³/mol. The van der Waals surface area contributed by atoms with Crippen LogP contribution < -0.4 is 5.01 Å². The molecule has 0 aliphatic carbocycles. The smallest absolute Gasteiger partial charge is 0.258 e. The van der Waals surface area contributed by atoms with Crippen LogP contribution in [0.15, 0.2) is 84.0 Å². The van der Waals surface area contributed by atoms with Crippen molar-refractivity contribution in [1.82, 2.24) is 0 Å². The van der Waals surface area contributed by atoms with Crippen molar-refractivity contribution in [3.63, 3.8) is 0 Å². The number of hydrogen-bond acceptors (Lipinski definition) is 4. The lowest BCUT2D eigenvalue weighted by Gasteiger charge is -2.24. The summed E-state index contributed by atoms with van der Waals surface area (Å²) in [6, 6.07) is 24.1. The van der Waals surface area contributed by atoms with Crippen LogP contribution in [0.25, 0.3) is 0 Å². The first kappa shape index (κ1) is 17.2. The molecule has 0 radical (unpaired) electrons. The maximum Gasteiger partial charge on any atom is 0.270 e. The molecule has 6 heteroatoms. The highest BCUT2D eigenvalue weighted by Gasteiger charge is 2.31. The molecule has 1 aliphatic rings. The minimum Gasteiger partial charge on any atom is -0.258 e. The molecule has 3 aromatic rings. The number of hydrogen-bond donors (Lipinski definition) is 0. The van der Waals surface area contributed by atoms with Crippen molar-refractivity contribution < 1.29 is 4.92 Å². The molecular weight excluding hydrogens is 362 g/mol. The summed E-state index contributed by atoms with van der Waals surface area (Å²) in [7, 11) is 0. The summed E-state index contributed by atoms with van der Waals surface area (Å²) in [5.74, 6) is 0. The molecule has 0 saturated carbocycles. The average Bonchev–Trinajstić information content (AvgIpc) is 3.14. The number of halogens is 1. The van der Waals surface area contributed by atoms with E-state index in [9.17, 15) is 10.1 Å². The summed E-state index contributed by atoms with van der Waals surface area (Å²) < 4.78 is 0. The number of hydrazone groups is 1. The fourth-order valence-corrected chi connectivity index (χ4v) is 3.55. The standard InChI is InChI=1S/C21H16ClN3O2/c22-19-12-5-4-11-18(19)21-14-20(15-7-6-10-17(13-15)25(26)27)23-24(21)16-8-2-1-3-9-16/h1-13,21H,14H2. The first-order valence-corrected chi connectivity index (χ1v) is 8.92. The normalized spacial score (nSPS) is 16.3. The van der Waals surface area contributed by atoms with E-state index >= 15 is 0 Å². The van der Waals surface area contributed by atoms with Crippen LogP contribution >= 0.6 is 11.6 Å². The summed E-state index contributed by atoms with van der Waals surface area (Å²) in [5.41, 5.74) is 3.53. The fourth-order valence-electron chi connectivity index (χ4n) is 3.29. The molecular formula is C21H16ClN3O2. The molecule has 5 nitrogen and oxygen atoms in total. The number of nitro groups is 1. The largest absolute Gasteiger partial charge is 0.270 e. The van der Waals surface area contributed by atoms with Gasteiger partial charge in [0.2, 0.25) is 0 Å². The van der Waals surface area contributed by atoms with Crippen LogP contribution in [0.5, 0.6) is 0 Å². The Labute approximate surface area is 161 Å². The molecule has 3 aromatic carbocycles. The van der Waals surface area contributed by atoms with Crippen LogP contribution in [-0.2, 0) is 0 Å².